The second-order valence-corrected chi connectivity index (χ2v) is 5.84. The minimum atomic E-state index is 0.254. The maximum atomic E-state index is 12.4. The van der Waals surface area contributed by atoms with Crippen LogP contribution in [-0.2, 0) is 4.79 Å². The highest BCUT2D eigenvalue weighted by atomic mass is 16.2. The predicted octanol–water partition coefficient (Wildman–Crippen LogP) is 3.38. The van der Waals surface area contributed by atoms with Gasteiger partial charge in [0.2, 0.25) is 5.91 Å². The van der Waals surface area contributed by atoms with Gasteiger partial charge in [0.15, 0.2) is 0 Å². The molecule has 2 heteroatoms. The summed E-state index contributed by atoms with van der Waals surface area (Å²) in [6.45, 7) is 2.32. The van der Waals surface area contributed by atoms with Gasteiger partial charge in [-0.3, -0.25) is 4.79 Å². The van der Waals surface area contributed by atoms with Crippen LogP contribution in [0.3, 0.4) is 0 Å². The standard InChI is InChI=1S/C15H25NO/c1-12-8-10-14(11-9-12)16(2)15(17)13-6-4-3-5-7-13/h3-4,12-14H,5-11H2,1-2H3. The lowest BCUT2D eigenvalue weighted by Crippen LogP contribution is -2.42. The third kappa shape index (κ3) is 3.11. The van der Waals surface area contributed by atoms with Gasteiger partial charge in [-0.15, -0.1) is 0 Å². The molecule has 0 saturated heterocycles. The zero-order chi connectivity index (χ0) is 12.3. The van der Waals surface area contributed by atoms with Crippen molar-refractivity contribution < 1.29 is 4.79 Å². The van der Waals surface area contributed by atoms with Gasteiger partial charge in [-0.2, -0.15) is 0 Å². The maximum Gasteiger partial charge on any atom is 0.225 e. The first-order chi connectivity index (χ1) is 8.18. The molecule has 1 amide bonds. The molecular weight excluding hydrogens is 210 g/mol. The van der Waals surface area contributed by atoms with Crippen LogP contribution in [0.4, 0.5) is 0 Å². The normalized spacial score (nSPS) is 33.4. The lowest BCUT2D eigenvalue weighted by molar-refractivity contribution is -0.137. The SMILES string of the molecule is CC1CCC(N(C)C(=O)C2CC=CCC2)CC1. The zero-order valence-corrected chi connectivity index (χ0v) is 11.2. The molecule has 0 radical (unpaired) electrons. The third-order valence-electron chi connectivity index (χ3n) is 4.50. The van der Waals surface area contributed by atoms with Crippen LogP contribution < -0.4 is 0 Å². The smallest absolute Gasteiger partial charge is 0.225 e. The van der Waals surface area contributed by atoms with Crippen LogP contribution in [-0.4, -0.2) is 23.9 Å². The topological polar surface area (TPSA) is 20.3 Å². The summed E-state index contributed by atoms with van der Waals surface area (Å²) < 4.78 is 0. The van der Waals surface area contributed by atoms with Gasteiger partial charge in [0.05, 0.1) is 0 Å². The van der Waals surface area contributed by atoms with Crippen molar-refractivity contribution in [2.45, 2.75) is 57.9 Å². The van der Waals surface area contributed by atoms with Crippen LogP contribution in [0.2, 0.25) is 0 Å². The molecule has 1 saturated carbocycles. The predicted molar refractivity (Wildman–Crippen MR) is 70.7 cm³/mol. The first kappa shape index (κ1) is 12.7. The highest BCUT2D eigenvalue weighted by molar-refractivity contribution is 5.79. The summed E-state index contributed by atoms with van der Waals surface area (Å²) in [4.78, 5) is 14.4. The second-order valence-electron chi connectivity index (χ2n) is 5.84. The van der Waals surface area contributed by atoms with E-state index in [1.807, 2.05) is 7.05 Å². The molecule has 0 aliphatic heterocycles. The lowest BCUT2D eigenvalue weighted by atomic mass is 9.85. The van der Waals surface area contributed by atoms with Gasteiger partial charge >= 0.3 is 0 Å². The van der Waals surface area contributed by atoms with E-state index in [9.17, 15) is 4.79 Å². The average molecular weight is 235 g/mol. The fraction of sp³-hybridized carbons (Fsp3) is 0.800. The Bertz CT molecular complexity index is 289. The van der Waals surface area contributed by atoms with E-state index in [1.165, 1.54) is 25.7 Å². The zero-order valence-electron chi connectivity index (χ0n) is 11.2. The highest BCUT2D eigenvalue weighted by Gasteiger charge is 2.28. The number of amides is 1. The fourth-order valence-electron chi connectivity index (χ4n) is 3.12. The minimum Gasteiger partial charge on any atom is -0.343 e. The number of rotatable bonds is 2. The molecule has 96 valence electrons. The Morgan fingerprint density at radius 1 is 1.12 bits per heavy atom. The molecule has 2 aliphatic carbocycles. The Labute approximate surface area is 105 Å². The fourth-order valence-corrected chi connectivity index (χ4v) is 3.12. The van der Waals surface area contributed by atoms with Crippen LogP contribution in [0.25, 0.3) is 0 Å². The summed E-state index contributed by atoms with van der Waals surface area (Å²) in [6, 6.07) is 0.504. The number of carbonyl (C=O) groups excluding carboxylic acids is 1. The van der Waals surface area contributed by atoms with Crippen molar-refractivity contribution in [3.63, 3.8) is 0 Å². The molecule has 0 spiro atoms. The number of allylic oxidation sites excluding steroid dienone is 2. The van der Waals surface area contributed by atoms with Crippen LogP contribution in [0, 0.1) is 11.8 Å². The molecule has 1 unspecified atom stereocenters. The van der Waals surface area contributed by atoms with E-state index in [2.05, 4.69) is 24.0 Å². The van der Waals surface area contributed by atoms with E-state index in [1.54, 1.807) is 0 Å². The monoisotopic (exact) mass is 235 g/mol. The molecular formula is C15H25NO. The summed E-state index contributed by atoms with van der Waals surface area (Å²) in [5, 5.41) is 0. The first-order valence-electron chi connectivity index (χ1n) is 7.10. The van der Waals surface area contributed by atoms with E-state index in [0.29, 0.717) is 11.9 Å². The van der Waals surface area contributed by atoms with Crippen LogP contribution in [0.5, 0.6) is 0 Å². The van der Waals surface area contributed by atoms with Crippen LogP contribution >= 0.6 is 0 Å². The summed E-state index contributed by atoms with van der Waals surface area (Å²) in [7, 11) is 2.02. The molecule has 0 N–H and O–H groups in total. The van der Waals surface area contributed by atoms with E-state index in [0.717, 1.165) is 25.2 Å². The highest BCUT2D eigenvalue weighted by Crippen LogP contribution is 2.28. The Morgan fingerprint density at radius 2 is 1.82 bits per heavy atom. The largest absolute Gasteiger partial charge is 0.343 e. The quantitative estimate of drug-likeness (QED) is 0.672. The molecule has 0 heterocycles. The van der Waals surface area contributed by atoms with Crippen molar-refractivity contribution >= 4 is 5.91 Å². The minimum absolute atomic E-state index is 0.254. The number of nitrogens with zero attached hydrogens (tertiary/aromatic N) is 1. The molecule has 1 fully saturated rings. The van der Waals surface area contributed by atoms with Gasteiger partial charge in [-0.1, -0.05) is 19.1 Å². The van der Waals surface area contributed by atoms with Crippen molar-refractivity contribution in [3.05, 3.63) is 12.2 Å². The van der Waals surface area contributed by atoms with Gasteiger partial charge in [0, 0.05) is 19.0 Å². The summed E-state index contributed by atoms with van der Waals surface area (Å²) in [6.07, 6.45) is 12.4. The summed E-state index contributed by atoms with van der Waals surface area (Å²) in [5.74, 6) is 1.49. The Balaban J connectivity index is 1.88. The van der Waals surface area contributed by atoms with E-state index >= 15 is 0 Å². The van der Waals surface area contributed by atoms with E-state index < -0.39 is 0 Å². The molecule has 17 heavy (non-hydrogen) atoms. The first-order valence-corrected chi connectivity index (χ1v) is 7.10. The van der Waals surface area contributed by atoms with Gasteiger partial charge in [-0.25, -0.2) is 0 Å². The van der Waals surface area contributed by atoms with E-state index in [-0.39, 0.29) is 5.92 Å². The molecule has 2 nitrogen and oxygen atoms in total. The second kappa shape index (κ2) is 5.70. The molecule has 2 rings (SSSR count). The Hall–Kier alpha value is -0.790. The van der Waals surface area contributed by atoms with E-state index in [4.69, 9.17) is 0 Å². The number of carbonyl (C=O) groups is 1. The molecule has 1 atom stereocenters. The van der Waals surface area contributed by atoms with Crippen molar-refractivity contribution in [3.8, 4) is 0 Å². The van der Waals surface area contributed by atoms with Crippen LogP contribution in [0.1, 0.15) is 51.9 Å². The van der Waals surface area contributed by atoms with Crippen LogP contribution in [0.15, 0.2) is 12.2 Å². The Morgan fingerprint density at radius 3 is 2.41 bits per heavy atom. The number of hydrogen-bond donors (Lipinski definition) is 0. The molecule has 0 bridgehead atoms. The van der Waals surface area contributed by atoms with Gasteiger partial charge in [-0.05, 0) is 50.9 Å². The number of hydrogen-bond acceptors (Lipinski definition) is 1. The summed E-state index contributed by atoms with van der Waals surface area (Å²) >= 11 is 0. The maximum absolute atomic E-state index is 12.4. The van der Waals surface area contributed by atoms with Crippen molar-refractivity contribution in [1.82, 2.24) is 4.90 Å². The molecule has 0 aromatic heterocycles. The van der Waals surface area contributed by atoms with Gasteiger partial charge in [0.1, 0.15) is 0 Å². The molecule has 0 aromatic rings. The third-order valence-corrected chi connectivity index (χ3v) is 4.50. The van der Waals surface area contributed by atoms with Crippen molar-refractivity contribution in [1.29, 1.82) is 0 Å². The summed E-state index contributed by atoms with van der Waals surface area (Å²) in [5.41, 5.74) is 0. The van der Waals surface area contributed by atoms with Gasteiger partial charge in [0.25, 0.3) is 0 Å². The molecule has 0 aromatic carbocycles. The van der Waals surface area contributed by atoms with Gasteiger partial charge < -0.3 is 4.90 Å². The Kier molecular flexibility index (Phi) is 4.25. The lowest BCUT2D eigenvalue weighted by Gasteiger charge is -2.35. The molecule has 2 aliphatic rings. The average Bonchev–Trinajstić information content (AvgIpc) is 2.39. The van der Waals surface area contributed by atoms with Crippen molar-refractivity contribution in [2.75, 3.05) is 7.05 Å². The van der Waals surface area contributed by atoms with Crippen molar-refractivity contribution in [2.24, 2.45) is 11.8 Å².